The van der Waals surface area contributed by atoms with Crippen molar-refractivity contribution < 1.29 is 19.1 Å². The van der Waals surface area contributed by atoms with Crippen LogP contribution in [-0.2, 0) is 0 Å². The first-order chi connectivity index (χ1) is 18.2. The number of fused-ring (bicyclic) bond motifs is 7. The Bertz CT molecular complexity index is 1580. The monoisotopic (exact) mass is 484 g/mol. The molecular weight excluding hydrogens is 460 g/mol. The van der Waals surface area contributed by atoms with Crippen molar-refractivity contribution in [3.63, 3.8) is 0 Å². The Morgan fingerprint density at radius 2 is 1.00 bits per heavy atom. The van der Waals surface area contributed by atoms with E-state index in [0.29, 0.717) is 23.0 Å². The first-order valence-electron chi connectivity index (χ1n) is 12.7. The standard InChI is InChI=1S/C33H24O4/c34-32(26-13-5-9-20-7-1-3-11-24(20)26)36-30-18-28-22-15-16-23(17-22)29(28)19-31(30)37-33(35)27-14-6-10-21-8-2-4-12-25(21)27/h1-14,18-19,22-23H,15-17H2. The Morgan fingerprint density at radius 1 is 0.568 bits per heavy atom. The molecule has 5 aromatic carbocycles. The molecule has 0 N–H and O–H groups in total. The summed E-state index contributed by atoms with van der Waals surface area (Å²) in [4.78, 5) is 26.8. The number of esters is 2. The van der Waals surface area contributed by atoms with Crippen LogP contribution in [0, 0.1) is 0 Å². The molecule has 0 aliphatic heterocycles. The molecule has 5 aromatic rings. The molecule has 4 heteroatoms. The van der Waals surface area contributed by atoms with Crippen LogP contribution in [0.25, 0.3) is 21.5 Å². The fourth-order valence-electron chi connectivity index (χ4n) is 6.12. The summed E-state index contributed by atoms with van der Waals surface area (Å²) in [6.45, 7) is 0. The molecule has 180 valence electrons. The molecular formula is C33H24O4. The molecule has 7 rings (SSSR count). The van der Waals surface area contributed by atoms with Gasteiger partial charge < -0.3 is 9.47 Å². The average molecular weight is 485 g/mol. The first kappa shape index (κ1) is 21.8. The molecule has 4 nitrogen and oxygen atoms in total. The third kappa shape index (κ3) is 3.68. The summed E-state index contributed by atoms with van der Waals surface area (Å²) in [5, 5.41) is 3.57. The molecule has 0 aromatic heterocycles. The summed E-state index contributed by atoms with van der Waals surface area (Å²) < 4.78 is 12.0. The molecule has 1 saturated carbocycles. The summed E-state index contributed by atoms with van der Waals surface area (Å²) in [6.07, 6.45) is 3.39. The lowest BCUT2D eigenvalue weighted by Crippen LogP contribution is -2.14. The van der Waals surface area contributed by atoms with E-state index in [1.165, 1.54) is 11.1 Å². The minimum atomic E-state index is -0.470. The summed E-state index contributed by atoms with van der Waals surface area (Å²) in [5.74, 6) is 0.580. The Labute approximate surface area is 214 Å². The maximum Gasteiger partial charge on any atom is 0.344 e. The number of carbonyl (C=O) groups excluding carboxylic acids is 2. The molecule has 0 saturated heterocycles. The summed E-state index contributed by atoms with van der Waals surface area (Å²) in [7, 11) is 0. The predicted molar refractivity (Wildman–Crippen MR) is 144 cm³/mol. The summed E-state index contributed by atoms with van der Waals surface area (Å²) in [6, 6.07) is 30.5. The largest absolute Gasteiger partial charge is 0.419 e. The molecule has 0 heterocycles. The van der Waals surface area contributed by atoms with E-state index in [4.69, 9.17) is 9.47 Å². The smallest absolute Gasteiger partial charge is 0.344 e. The van der Waals surface area contributed by atoms with Gasteiger partial charge in [-0.3, -0.25) is 0 Å². The zero-order valence-corrected chi connectivity index (χ0v) is 20.1. The third-order valence-corrected chi connectivity index (χ3v) is 7.89. The minimum absolute atomic E-state index is 0.290. The van der Waals surface area contributed by atoms with E-state index in [2.05, 4.69) is 0 Å². The van der Waals surface area contributed by atoms with Crippen LogP contribution in [0.1, 0.15) is 62.9 Å². The molecule has 0 spiro atoms. The van der Waals surface area contributed by atoms with Crippen molar-refractivity contribution in [2.75, 3.05) is 0 Å². The van der Waals surface area contributed by atoms with Gasteiger partial charge in [0.25, 0.3) is 0 Å². The van der Waals surface area contributed by atoms with Crippen LogP contribution >= 0.6 is 0 Å². The Balaban J connectivity index is 1.28. The van der Waals surface area contributed by atoms with Crippen LogP contribution in [0.5, 0.6) is 11.5 Å². The van der Waals surface area contributed by atoms with Gasteiger partial charge in [0.1, 0.15) is 0 Å². The van der Waals surface area contributed by atoms with Crippen molar-refractivity contribution >= 4 is 33.5 Å². The fraction of sp³-hybridized carbons (Fsp3) is 0.152. The van der Waals surface area contributed by atoms with Crippen LogP contribution in [0.4, 0.5) is 0 Å². The van der Waals surface area contributed by atoms with Gasteiger partial charge in [-0.1, -0.05) is 72.8 Å². The van der Waals surface area contributed by atoms with Gasteiger partial charge in [0.05, 0.1) is 11.1 Å². The van der Waals surface area contributed by atoms with Crippen molar-refractivity contribution in [1.29, 1.82) is 0 Å². The van der Waals surface area contributed by atoms with E-state index in [1.807, 2.05) is 84.9 Å². The van der Waals surface area contributed by atoms with Gasteiger partial charge in [-0.25, -0.2) is 9.59 Å². The second kappa shape index (κ2) is 8.59. The lowest BCUT2D eigenvalue weighted by atomic mass is 9.91. The van der Waals surface area contributed by atoms with Gasteiger partial charge in [-0.05, 0) is 88.0 Å². The van der Waals surface area contributed by atoms with E-state index < -0.39 is 11.9 Å². The van der Waals surface area contributed by atoms with Crippen molar-refractivity contribution in [1.82, 2.24) is 0 Å². The van der Waals surface area contributed by atoms with Crippen LogP contribution in [0.15, 0.2) is 97.1 Å². The summed E-state index contributed by atoms with van der Waals surface area (Å²) >= 11 is 0. The maximum atomic E-state index is 13.4. The van der Waals surface area contributed by atoms with Crippen molar-refractivity contribution in [2.45, 2.75) is 31.1 Å². The fourth-order valence-corrected chi connectivity index (χ4v) is 6.12. The molecule has 2 atom stereocenters. The van der Waals surface area contributed by atoms with Gasteiger partial charge in [-0.15, -0.1) is 0 Å². The van der Waals surface area contributed by atoms with Crippen molar-refractivity contribution in [2.24, 2.45) is 0 Å². The molecule has 2 aliphatic rings. The lowest BCUT2D eigenvalue weighted by Gasteiger charge is -2.19. The SMILES string of the molecule is O=C(Oc1cc2c(cc1OC(=O)c1cccc3ccccc13)C1CCC2C1)c1cccc2ccccc12. The molecule has 0 amide bonds. The quantitative estimate of drug-likeness (QED) is 0.193. The van der Waals surface area contributed by atoms with E-state index in [9.17, 15) is 9.59 Å². The van der Waals surface area contributed by atoms with E-state index in [1.54, 1.807) is 12.1 Å². The minimum Gasteiger partial charge on any atom is -0.419 e. The number of benzene rings is 5. The van der Waals surface area contributed by atoms with Gasteiger partial charge >= 0.3 is 11.9 Å². The van der Waals surface area contributed by atoms with Crippen LogP contribution in [0.2, 0.25) is 0 Å². The van der Waals surface area contributed by atoms with Crippen LogP contribution in [-0.4, -0.2) is 11.9 Å². The van der Waals surface area contributed by atoms with Crippen LogP contribution < -0.4 is 9.47 Å². The van der Waals surface area contributed by atoms with E-state index in [0.717, 1.165) is 40.8 Å². The highest BCUT2D eigenvalue weighted by molar-refractivity contribution is 6.06. The molecule has 0 radical (unpaired) electrons. The zero-order valence-electron chi connectivity index (χ0n) is 20.1. The van der Waals surface area contributed by atoms with Gasteiger partial charge in [-0.2, -0.15) is 0 Å². The van der Waals surface area contributed by atoms with Crippen molar-refractivity contribution in [3.05, 3.63) is 119 Å². The highest BCUT2D eigenvalue weighted by Gasteiger charge is 2.38. The van der Waals surface area contributed by atoms with Gasteiger partial charge in [0.2, 0.25) is 0 Å². The Hall–Kier alpha value is -4.44. The highest BCUT2D eigenvalue weighted by Crippen LogP contribution is 2.55. The third-order valence-electron chi connectivity index (χ3n) is 7.89. The van der Waals surface area contributed by atoms with Crippen LogP contribution in [0.3, 0.4) is 0 Å². The average Bonchev–Trinajstić information content (AvgIpc) is 3.55. The molecule has 2 bridgehead atoms. The predicted octanol–water partition coefficient (Wildman–Crippen LogP) is 7.80. The number of carbonyl (C=O) groups is 2. The normalized spacial score (nSPS) is 17.6. The molecule has 1 fully saturated rings. The number of ether oxygens (including phenoxy) is 2. The number of hydrogen-bond acceptors (Lipinski definition) is 4. The van der Waals surface area contributed by atoms with Crippen molar-refractivity contribution in [3.8, 4) is 11.5 Å². The molecule has 2 aliphatic carbocycles. The molecule has 2 unspecified atom stereocenters. The maximum absolute atomic E-state index is 13.4. The zero-order chi connectivity index (χ0) is 24.9. The van der Waals surface area contributed by atoms with E-state index >= 15 is 0 Å². The molecule has 37 heavy (non-hydrogen) atoms. The number of hydrogen-bond donors (Lipinski definition) is 0. The van der Waals surface area contributed by atoms with Gasteiger partial charge in [0, 0.05) is 0 Å². The van der Waals surface area contributed by atoms with Gasteiger partial charge in [0.15, 0.2) is 11.5 Å². The lowest BCUT2D eigenvalue weighted by molar-refractivity contribution is 0.0684. The topological polar surface area (TPSA) is 52.6 Å². The second-order valence-corrected chi connectivity index (χ2v) is 9.97. The Kier molecular flexibility index (Phi) is 5.07. The highest BCUT2D eigenvalue weighted by atomic mass is 16.6. The summed E-state index contributed by atoms with van der Waals surface area (Å²) in [5.41, 5.74) is 3.38. The first-order valence-corrected chi connectivity index (χ1v) is 12.7. The van der Waals surface area contributed by atoms with E-state index in [-0.39, 0.29) is 11.5 Å². The number of rotatable bonds is 4. The Morgan fingerprint density at radius 3 is 1.49 bits per heavy atom. The second-order valence-electron chi connectivity index (χ2n) is 9.97.